The van der Waals surface area contributed by atoms with E-state index in [0.29, 0.717) is 0 Å². The van der Waals surface area contributed by atoms with Crippen LogP contribution in [-0.4, -0.2) is 4.57 Å². The van der Waals surface area contributed by atoms with Gasteiger partial charge in [0.1, 0.15) is 0 Å². The highest BCUT2D eigenvalue weighted by molar-refractivity contribution is 6.11. The number of fused-ring (bicyclic) bond motifs is 5. The van der Waals surface area contributed by atoms with Gasteiger partial charge in [-0.25, -0.2) is 0 Å². The van der Waals surface area contributed by atoms with Crippen molar-refractivity contribution in [3.05, 3.63) is 255 Å². The molecule has 0 saturated heterocycles. The third kappa shape index (κ3) is 6.52. The zero-order valence-corrected chi connectivity index (χ0v) is 35.1. The minimum absolute atomic E-state index is 1.11. The highest BCUT2D eigenvalue weighted by atomic mass is 15.1. The first kappa shape index (κ1) is 37.3. The van der Waals surface area contributed by atoms with Crippen LogP contribution >= 0.6 is 0 Å². The third-order valence-corrected chi connectivity index (χ3v) is 12.8. The van der Waals surface area contributed by atoms with Crippen LogP contribution in [0.15, 0.2) is 255 Å². The number of hydrogen-bond acceptors (Lipinski definition) is 1. The first-order chi connectivity index (χ1) is 31.7. The molecular formula is C62H42N2. The molecule has 1 heterocycles. The predicted molar refractivity (Wildman–Crippen MR) is 272 cm³/mol. The molecule has 2 nitrogen and oxygen atoms in total. The Morgan fingerprint density at radius 1 is 0.266 bits per heavy atom. The van der Waals surface area contributed by atoms with Gasteiger partial charge in [0.15, 0.2) is 0 Å². The Bertz CT molecular complexity index is 3650. The van der Waals surface area contributed by atoms with Gasteiger partial charge in [-0.2, -0.15) is 0 Å². The second-order valence-corrected chi connectivity index (χ2v) is 16.5. The van der Waals surface area contributed by atoms with Crippen molar-refractivity contribution >= 4 is 60.4 Å². The molecule has 0 saturated carbocycles. The summed E-state index contributed by atoms with van der Waals surface area (Å²) in [6, 6.07) is 92.7. The number of anilines is 3. The van der Waals surface area contributed by atoms with E-state index in [1.807, 2.05) is 0 Å². The van der Waals surface area contributed by atoms with Crippen molar-refractivity contribution in [2.75, 3.05) is 4.90 Å². The van der Waals surface area contributed by atoms with Crippen LogP contribution < -0.4 is 4.90 Å². The second-order valence-electron chi connectivity index (χ2n) is 16.5. The Kier molecular flexibility index (Phi) is 9.20. The largest absolute Gasteiger partial charge is 0.310 e. The SMILES string of the molecule is c1ccc(-c2cc(-c3cccc4ccccc34)cc(-n3c4ccccc4c4cc(-c5ccccc5-c5ccc(N(c6ccccc6)c6cccc7ccccc67)cc5)ccc43)c2)cc1. The maximum atomic E-state index is 2.45. The monoisotopic (exact) mass is 814 g/mol. The molecule has 0 unspecified atom stereocenters. The number of benzene rings is 11. The molecule has 0 amide bonds. The normalized spacial score (nSPS) is 11.4. The van der Waals surface area contributed by atoms with Crippen LogP contribution in [-0.2, 0) is 0 Å². The lowest BCUT2D eigenvalue weighted by Crippen LogP contribution is -2.10. The fourth-order valence-electron chi connectivity index (χ4n) is 9.77. The Morgan fingerprint density at radius 2 is 0.797 bits per heavy atom. The molecule has 300 valence electrons. The summed E-state index contributed by atoms with van der Waals surface area (Å²) in [6.45, 7) is 0. The first-order valence-electron chi connectivity index (χ1n) is 22.0. The molecule has 0 radical (unpaired) electrons. The summed E-state index contributed by atoms with van der Waals surface area (Å²) in [5, 5.41) is 7.38. The van der Waals surface area contributed by atoms with Gasteiger partial charge in [-0.3, -0.25) is 0 Å². The van der Waals surface area contributed by atoms with Gasteiger partial charge in [-0.05, 0) is 127 Å². The fourth-order valence-corrected chi connectivity index (χ4v) is 9.77. The van der Waals surface area contributed by atoms with Gasteiger partial charge >= 0.3 is 0 Å². The summed E-state index contributed by atoms with van der Waals surface area (Å²) in [5.41, 5.74) is 16.4. The molecule has 0 atom stereocenters. The van der Waals surface area contributed by atoms with Crippen LogP contribution in [0.2, 0.25) is 0 Å². The van der Waals surface area contributed by atoms with Gasteiger partial charge in [0.25, 0.3) is 0 Å². The molecule has 0 aliphatic rings. The van der Waals surface area contributed by atoms with E-state index in [0.717, 1.165) is 22.7 Å². The maximum Gasteiger partial charge on any atom is 0.0541 e. The Balaban J connectivity index is 0.978. The average Bonchev–Trinajstić information content (AvgIpc) is 3.71. The van der Waals surface area contributed by atoms with Crippen LogP contribution in [0.4, 0.5) is 17.1 Å². The van der Waals surface area contributed by atoms with Crippen molar-refractivity contribution < 1.29 is 0 Å². The van der Waals surface area contributed by atoms with Gasteiger partial charge in [0.05, 0.1) is 16.7 Å². The summed E-state index contributed by atoms with van der Waals surface area (Å²) < 4.78 is 2.45. The predicted octanol–water partition coefficient (Wildman–Crippen LogP) is 17.2. The van der Waals surface area contributed by atoms with Crippen LogP contribution in [0.5, 0.6) is 0 Å². The summed E-state index contributed by atoms with van der Waals surface area (Å²) in [4.78, 5) is 2.36. The topological polar surface area (TPSA) is 8.17 Å². The zero-order chi connectivity index (χ0) is 42.4. The first-order valence-corrected chi connectivity index (χ1v) is 22.0. The third-order valence-electron chi connectivity index (χ3n) is 12.8. The number of nitrogens with zero attached hydrogens (tertiary/aromatic N) is 2. The zero-order valence-electron chi connectivity index (χ0n) is 35.1. The van der Waals surface area contributed by atoms with E-state index in [1.165, 1.54) is 87.9 Å². The quantitative estimate of drug-likeness (QED) is 0.148. The van der Waals surface area contributed by atoms with E-state index in [9.17, 15) is 0 Å². The van der Waals surface area contributed by atoms with E-state index in [2.05, 4.69) is 264 Å². The fraction of sp³-hybridized carbons (Fsp3) is 0. The van der Waals surface area contributed by atoms with Crippen molar-refractivity contribution in [3.63, 3.8) is 0 Å². The van der Waals surface area contributed by atoms with Crippen molar-refractivity contribution in [1.29, 1.82) is 0 Å². The Morgan fingerprint density at radius 3 is 1.58 bits per heavy atom. The van der Waals surface area contributed by atoms with Crippen LogP contribution in [0.1, 0.15) is 0 Å². The van der Waals surface area contributed by atoms with E-state index < -0.39 is 0 Å². The molecule has 0 spiro atoms. The Labute approximate surface area is 373 Å². The molecule has 0 aliphatic carbocycles. The van der Waals surface area contributed by atoms with Gasteiger partial charge < -0.3 is 9.47 Å². The lowest BCUT2D eigenvalue weighted by atomic mass is 9.93. The van der Waals surface area contributed by atoms with E-state index in [4.69, 9.17) is 0 Å². The lowest BCUT2D eigenvalue weighted by Gasteiger charge is -2.27. The standard InChI is InChI=1S/C62H42N2/c1-3-17-43(18-4-1)48-39-49(56-30-15-21-44-19-7-9-25-53(44)56)41-52(40-48)64-61-31-14-13-29-58(61)59-42-47(35-38-62(59)64)55-27-12-11-26-54(55)46-33-36-51(37-34-46)63(50-23-5-2-6-24-50)60-32-16-22-45-20-8-10-28-57(45)60/h1-42H. The summed E-state index contributed by atoms with van der Waals surface area (Å²) in [7, 11) is 0. The molecular weight excluding hydrogens is 773 g/mol. The van der Waals surface area contributed by atoms with Crippen LogP contribution in [0.25, 0.3) is 93.5 Å². The lowest BCUT2D eigenvalue weighted by molar-refractivity contribution is 1.18. The van der Waals surface area contributed by atoms with Crippen molar-refractivity contribution in [3.8, 4) is 50.2 Å². The van der Waals surface area contributed by atoms with Crippen LogP contribution in [0.3, 0.4) is 0 Å². The number of aromatic nitrogens is 1. The molecule has 11 aromatic carbocycles. The van der Waals surface area contributed by atoms with E-state index in [-0.39, 0.29) is 0 Å². The molecule has 0 N–H and O–H groups in total. The smallest absolute Gasteiger partial charge is 0.0541 e. The molecule has 12 aromatic rings. The second kappa shape index (κ2) is 15.8. The highest BCUT2D eigenvalue weighted by Gasteiger charge is 2.19. The van der Waals surface area contributed by atoms with E-state index in [1.54, 1.807) is 0 Å². The summed E-state index contributed by atoms with van der Waals surface area (Å²) in [5.74, 6) is 0. The van der Waals surface area contributed by atoms with E-state index >= 15 is 0 Å². The summed E-state index contributed by atoms with van der Waals surface area (Å²) >= 11 is 0. The highest BCUT2D eigenvalue weighted by Crippen LogP contribution is 2.43. The van der Waals surface area contributed by atoms with Gasteiger partial charge in [-0.15, -0.1) is 0 Å². The molecule has 1 aromatic heterocycles. The van der Waals surface area contributed by atoms with Crippen molar-refractivity contribution in [1.82, 2.24) is 4.57 Å². The molecule has 0 fully saturated rings. The number of para-hydroxylation sites is 2. The van der Waals surface area contributed by atoms with Crippen molar-refractivity contribution in [2.45, 2.75) is 0 Å². The maximum absolute atomic E-state index is 2.45. The van der Waals surface area contributed by atoms with Gasteiger partial charge in [0, 0.05) is 33.2 Å². The molecule has 2 heteroatoms. The number of rotatable bonds is 8. The molecule has 0 aliphatic heterocycles. The molecule has 12 rings (SSSR count). The Hall–Kier alpha value is -8.46. The van der Waals surface area contributed by atoms with Gasteiger partial charge in [0.2, 0.25) is 0 Å². The molecule has 64 heavy (non-hydrogen) atoms. The summed E-state index contributed by atoms with van der Waals surface area (Å²) in [6.07, 6.45) is 0. The number of hydrogen-bond donors (Lipinski definition) is 0. The van der Waals surface area contributed by atoms with Crippen LogP contribution in [0, 0.1) is 0 Å². The van der Waals surface area contributed by atoms with Gasteiger partial charge in [-0.1, -0.05) is 188 Å². The molecule has 0 bridgehead atoms. The average molecular weight is 815 g/mol. The minimum atomic E-state index is 1.11. The van der Waals surface area contributed by atoms with Crippen molar-refractivity contribution in [2.24, 2.45) is 0 Å². The minimum Gasteiger partial charge on any atom is -0.310 e.